The van der Waals surface area contributed by atoms with Crippen molar-refractivity contribution in [3.63, 3.8) is 0 Å². The van der Waals surface area contributed by atoms with Crippen LogP contribution in [0.2, 0.25) is 0 Å². The Balaban J connectivity index is 1.49. The average molecular weight is 312 g/mol. The average Bonchev–Trinajstić information content (AvgIpc) is 3.03. The smallest absolute Gasteiger partial charge is 0.231 e. The highest BCUT2D eigenvalue weighted by Gasteiger charge is 2.20. The second-order valence-corrected chi connectivity index (χ2v) is 6.02. The number of ether oxygens (including phenoxy) is 3. The van der Waals surface area contributed by atoms with Crippen LogP contribution in [0.3, 0.4) is 0 Å². The van der Waals surface area contributed by atoms with Gasteiger partial charge in [0.05, 0.1) is 6.61 Å². The van der Waals surface area contributed by atoms with Crippen LogP contribution < -0.4 is 9.47 Å². The SMILES string of the molecule is COCc1cncc2c1CCN(Cc1ccc3c(c1)OCO3)C2. The quantitative estimate of drug-likeness (QED) is 0.868. The Morgan fingerprint density at radius 3 is 3.04 bits per heavy atom. The first kappa shape index (κ1) is 14.5. The zero-order chi connectivity index (χ0) is 15.6. The number of nitrogens with zero attached hydrogens (tertiary/aromatic N) is 2. The first-order valence-corrected chi connectivity index (χ1v) is 7.88. The van der Waals surface area contributed by atoms with E-state index < -0.39 is 0 Å². The number of hydrogen-bond donors (Lipinski definition) is 0. The molecule has 0 bridgehead atoms. The van der Waals surface area contributed by atoms with Crippen molar-refractivity contribution in [1.82, 2.24) is 9.88 Å². The van der Waals surface area contributed by atoms with E-state index in [-0.39, 0.29) is 0 Å². The molecule has 2 aromatic rings. The van der Waals surface area contributed by atoms with Crippen molar-refractivity contribution in [3.05, 3.63) is 52.8 Å². The standard InChI is InChI=1S/C18H20N2O3/c1-21-11-15-8-19-7-14-10-20(5-4-16(14)15)9-13-2-3-17-18(6-13)23-12-22-17/h2-3,6-8H,4-5,9-12H2,1H3. The van der Waals surface area contributed by atoms with Crippen molar-refractivity contribution >= 4 is 0 Å². The Morgan fingerprint density at radius 2 is 2.13 bits per heavy atom. The highest BCUT2D eigenvalue weighted by Crippen LogP contribution is 2.33. The summed E-state index contributed by atoms with van der Waals surface area (Å²) in [5.74, 6) is 1.69. The Labute approximate surface area is 135 Å². The van der Waals surface area contributed by atoms with Crippen LogP contribution >= 0.6 is 0 Å². The van der Waals surface area contributed by atoms with E-state index in [0.29, 0.717) is 13.4 Å². The minimum absolute atomic E-state index is 0.323. The summed E-state index contributed by atoms with van der Waals surface area (Å²) in [7, 11) is 1.73. The fraction of sp³-hybridized carbons (Fsp3) is 0.389. The lowest BCUT2D eigenvalue weighted by atomic mass is 9.97. The monoisotopic (exact) mass is 312 g/mol. The molecule has 0 saturated heterocycles. The van der Waals surface area contributed by atoms with Crippen LogP contribution in [-0.4, -0.2) is 30.3 Å². The van der Waals surface area contributed by atoms with E-state index in [1.165, 1.54) is 22.3 Å². The lowest BCUT2D eigenvalue weighted by Crippen LogP contribution is -2.31. The molecule has 0 radical (unpaired) electrons. The van der Waals surface area contributed by atoms with E-state index in [2.05, 4.69) is 22.0 Å². The lowest BCUT2D eigenvalue weighted by Gasteiger charge is -2.29. The third-order valence-electron chi connectivity index (χ3n) is 4.45. The Morgan fingerprint density at radius 1 is 1.22 bits per heavy atom. The zero-order valence-corrected chi connectivity index (χ0v) is 13.2. The van der Waals surface area contributed by atoms with Crippen LogP contribution in [0.1, 0.15) is 22.3 Å². The summed E-state index contributed by atoms with van der Waals surface area (Å²) in [5.41, 5.74) is 5.18. The zero-order valence-electron chi connectivity index (χ0n) is 13.2. The van der Waals surface area contributed by atoms with Gasteiger partial charge in [-0.25, -0.2) is 0 Å². The third-order valence-corrected chi connectivity index (χ3v) is 4.45. The second kappa shape index (κ2) is 6.18. The number of aromatic nitrogens is 1. The molecule has 5 heteroatoms. The molecule has 0 spiro atoms. The van der Waals surface area contributed by atoms with Gasteiger partial charge in [-0.2, -0.15) is 0 Å². The van der Waals surface area contributed by atoms with Gasteiger partial charge in [0.15, 0.2) is 11.5 Å². The van der Waals surface area contributed by atoms with Crippen molar-refractivity contribution in [2.75, 3.05) is 20.4 Å². The van der Waals surface area contributed by atoms with Crippen LogP contribution in [0.25, 0.3) is 0 Å². The van der Waals surface area contributed by atoms with Gasteiger partial charge in [0, 0.05) is 39.1 Å². The van der Waals surface area contributed by atoms with Gasteiger partial charge in [-0.3, -0.25) is 9.88 Å². The van der Waals surface area contributed by atoms with Gasteiger partial charge in [0.25, 0.3) is 0 Å². The molecule has 2 aliphatic rings. The highest BCUT2D eigenvalue weighted by atomic mass is 16.7. The molecule has 0 fully saturated rings. The molecule has 1 aromatic heterocycles. The molecule has 3 heterocycles. The molecule has 1 aromatic carbocycles. The molecule has 120 valence electrons. The molecule has 0 atom stereocenters. The van der Waals surface area contributed by atoms with E-state index >= 15 is 0 Å². The van der Waals surface area contributed by atoms with Crippen molar-refractivity contribution in [3.8, 4) is 11.5 Å². The molecule has 0 saturated carbocycles. The summed E-state index contributed by atoms with van der Waals surface area (Å²) >= 11 is 0. The maximum absolute atomic E-state index is 5.46. The summed E-state index contributed by atoms with van der Waals surface area (Å²) < 4.78 is 16.1. The summed E-state index contributed by atoms with van der Waals surface area (Å²) in [6, 6.07) is 6.19. The predicted molar refractivity (Wildman–Crippen MR) is 85.3 cm³/mol. The predicted octanol–water partition coefficient (Wildman–Crippen LogP) is 2.52. The normalized spacial score (nSPS) is 16.4. The summed E-state index contributed by atoms with van der Waals surface area (Å²) in [4.78, 5) is 6.80. The number of benzene rings is 1. The number of methoxy groups -OCH3 is 1. The molecule has 23 heavy (non-hydrogen) atoms. The molecule has 0 aliphatic carbocycles. The summed E-state index contributed by atoms with van der Waals surface area (Å²) in [6.45, 7) is 3.84. The van der Waals surface area contributed by atoms with Gasteiger partial charge < -0.3 is 14.2 Å². The van der Waals surface area contributed by atoms with E-state index in [1.54, 1.807) is 7.11 Å². The Hall–Kier alpha value is -2.11. The van der Waals surface area contributed by atoms with Gasteiger partial charge >= 0.3 is 0 Å². The van der Waals surface area contributed by atoms with E-state index in [1.807, 2.05) is 18.5 Å². The fourth-order valence-electron chi connectivity index (χ4n) is 3.34. The Kier molecular flexibility index (Phi) is 3.89. The third kappa shape index (κ3) is 2.90. The lowest BCUT2D eigenvalue weighted by molar-refractivity contribution is 0.174. The number of rotatable bonds is 4. The van der Waals surface area contributed by atoms with E-state index in [9.17, 15) is 0 Å². The number of fused-ring (bicyclic) bond motifs is 2. The second-order valence-electron chi connectivity index (χ2n) is 6.02. The van der Waals surface area contributed by atoms with Crippen molar-refractivity contribution in [1.29, 1.82) is 0 Å². The van der Waals surface area contributed by atoms with E-state index in [0.717, 1.165) is 37.6 Å². The van der Waals surface area contributed by atoms with Crippen LogP contribution in [0.5, 0.6) is 11.5 Å². The first-order chi connectivity index (χ1) is 11.3. The van der Waals surface area contributed by atoms with Crippen LogP contribution in [0.4, 0.5) is 0 Å². The van der Waals surface area contributed by atoms with Crippen molar-refractivity contribution < 1.29 is 14.2 Å². The fourth-order valence-corrected chi connectivity index (χ4v) is 3.34. The molecule has 2 aliphatic heterocycles. The van der Waals surface area contributed by atoms with Crippen LogP contribution in [0, 0.1) is 0 Å². The molecular weight excluding hydrogens is 292 g/mol. The molecule has 5 nitrogen and oxygen atoms in total. The maximum Gasteiger partial charge on any atom is 0.231 e. The Bertz CT molecular complexity index is 717. The van der Waals surface area contributed by atoms with Gasteiger partial charge in [-0.05, 0) is 40.8 Å². The van der Waals surface area contributed by atoms with Gasteiger partial charge in [-0.1, -0.05) is 6.07 Å². The topological polar surface area (TPSA) is 43.8 Å². The first-order valence-electron chi connectivity index (χ1n) is 7.88. The molecular formula is C18H20N2O3. The molecule has 4 rings (SSSR count). The van der Waals surface area contributed by atoms with Gasteiger partial charge in [0.2, 0.25) is 6.79 Å². The molecule has 0 N–H and O–H groups in total. The van der Waals surface area contributed by atoms with Crippen molar-refractivity contribution in [2.45, 2.75) is 26.1 Å². The maximum atomic E-state index is 5.46. The van der Waals surface area contributed by atoms with Gasteiger partial charge in [-0.15, -0.1) is 0 Å². The number of pyridine rings is 1. The number of hydrogen-bond acceptors (Lipinski definition) is 5. The van der Waals surface area contributed by atoms with Crippen molar-refractivity contribution in [2.24, 2.45) is 0 Å². The van der Waals surface area contributed by atoms with E-state index in [4.69, 9.17) is 14.2 Å². The molecule has 0 amide bonds. The minimum Gasteiger partial charge on any atom is -0.454 e. The highest BCUT2D eigenvalue weighted by molar-refractivity contribution is 5.44. The molecule has 0 unspecified atom stereocenters. The largest absolute Gasteiger partial charge is 0.454 e. The van der Waals surface area contributed by atoms with Crippen LogP contribution in [0.15, 0.2) is 30.6 Å². The summed E-state index contributed by atoms with van der Waals surface area (Å²) in [6.07, 6.45) is 4.96. The van der Waals surface area contributed by atoms with Crippen LogP contribution in [-0.2, 0) is 30.9 Å². The minimum atomic E-state index is 0.323. The van der Waals surface area contributed by atoms with Gasteiger partial charge in [0.1, 0.15) is 0 Å². The summed E-state index contributed by atoms with van der Waals surface area (Å²) in [5, 5.41) is 0.